The smallest absolute Gasteiger partial charge is 0.240 e. The van der Waals surface area contributed by atoms with Crippen LogP contribution in [0.15, 0.2) is 10.6 Å². The highest BCUT2D eigenvalue weighted by atomic mass is 32.2. The first kappa shape index (κ1) is 17.0. The molecule has 1 aromatic rings. The number of piperidine rings is 1. The van der Waals surface area contributed by atoms with Gasteiger partial charge in [0.05, 0.1) is 6.04 Å². The van der Waals surface area contributed by atoms with Crippen molar-refractivity contribution < 1.29 is 17.7 Å². The van der Waals surface area contributed by atoms with Crippen LogP contribution in [0.3, 0.4) is 0 Å². The number of nitrogens with zero attached hydrogens (tertiary/aromatic N) is 2. The third kappa shape index (κ3) is 4.30. The average Bonchev–Trinajstić information content (AvgIpc) is 2.82. The van der Waals surface area contributed by atoms with Crippen molar-refractivity contribution in [2.24, 2.45) is 0 Å². The summed E-state index contributed by atoms with van der Waals surface area (Å²) in [6, 6.07) is 0.947. The normalized spacial score (nSPS) is 20.9. The van der Waals surface area contributed by atoms with Crippen LogP contribution in [0.5, 0.6) is 0 Å². The van der Waals surface area contributed by atoms with Gasteiger partial charge in [0.15, 0.2) is 0 Å². The van der Waals surface area contributed by atoms with Gasteiger partial charge in [0.25, 0.3) is 0 Å². The SMILES string of the molecule is Cc1cc(CS(=O)(=O)N[C@@H](C)C(=O)N2CCCC[C@@H]2C)no1. The number of hydrogen-bond donors (Lipinski definition) is 1. The zero-order valence-electron chi connectivity index (χ0n) is 13.2. The summed E-state index contributed by atoms with van der Waals surface area (Å²) in [4.78, 5) is 14.2. The molecule has 0 bridgehead atoms. The lowest BCUT2D eigenvalue weighted by molar-refractivity contribution is -0.135. The van der Waals surface area contributed by atoms with Gasteiger partial charge in [0.2, 0.25) is 15.9 Å². The van der Waals surface area contributed by atoms with Crippen LogP contribution in [0.2, 0.25) is 0 Å². The maximum absolute atomic E-state index is 12.4. The number of carbonyl (C=O) groups is 1. The Kier molecular flexibility index (Phi) is 5.23. The molecular weight excluding hydrogens is 306 g/mol. The highest BCUT2D eigenvalue weighted by Crippen LogP contribution is 2.17. The van der Waals surface area contributed by atoms with Gasteiger partial charge in [-0.2, -0.15) is 0 Å². The molecule has 1 N–H and O–H groups in total. The van der Waals surface area contributed by atoms with Gasteiger partial charge in [-0.3, -0.25) is 4.79 Å². The van der Waals surface area contributed by atoms with Crippen LogP contribution in [0.25, 0.3) is 0 Å². The summed E-state index contributed by atoms with van der Waals surface area (Å²) >= 11 is 0. The van der Waals surface area contributed by atoms with E-state index >= 15 is 0 Å². The van der Waals surface area contributed by atoms with Crippen LogP contribution < -0.4 is 4.72 Å². The second-order valence-corrected chi connectivity index (χ2v) is 7.66. The molecule has 22 heavy (non-hydrogen) atoms. The first-order chi connectivity index (χ1) is 10.3. The number of aromatic nitrogens is 1. The fraction of sp³-hybridized carbons (Fsp3) is 0.714. The molecule has 0 saturated carbocycles. The maximum Gasteiger partial charge on any atom is 0.240 e. The fourth-order valence-corrected chi connectivity index (χ4v) is 3.96. The van der Waals surface area contributed by atoms with Crippen molar-refractivity contribution in [1.82, 2.24) is 14.8 Å². The van der Waals surface area contributed by atoms with E-state index < -0.39 is 16.1 Å². The molecule has 2 rings (SSSR count). The van der Waals surface area contributed by atoms with E-state index in [2.05, 4.69) is 9.88 Å². The number of amides is 1. The Bertz CT molecular complexity index is 626. The molecule has 1 aromatic heterocycles. The van der Waals surface area contributed by atoms with Gasteiger partial charge >= 0.3 is 0 Å². The molecule has 7 nitrogen and oxygen atoms in total. The summed E-state index contributed by atoms with van der Waals surface area (Å²) in [5.74, 6) is 0.0842. The number of hydrogen-bond acceptors (Lipinski definition) is 5. The first-order valence-corrected chi connectivity index (χ1v) is 9.16. The summed E-state index contributed by atoms with van der Waals surface area (Å²) in [5.41, 5.74) is 0.330. The van der Waals surface area contributed by atoms with Crippen molar-refractivity contribution in [3.63, 3.8) is 0 Å². The Labute approximate surface area is 131 Å². The van der Waals surface area contributed by atoms with E-state index in [4.69, 9.17) is 4.52 Å². The molecular formula is C14H23N3O4S. The number of rotatable bonds is 5. The van der Waals surface area contributed by atoms with Crippen LogP contribution >= 0.6 is 0 Å². The van der Waals surface area contributed by atoms with Gasteiger partial charge in [-0.1, -0.05) is 5.16 Å². The van der Waals surface area contributed by atoms with Crippen LogP contribution in [0.4, 0.5) is 0 Å². The largest absolute Gasteiger partial charge is 0.361 e. The second-order valence-electron chi connectivity index (χ2n) is 5.90. The van der Waals surface area contributed by atoms with Crippen LogP contribution in [0.1, 0.15) is 44.6 Å². The molecule has 1 aliphatic rings. The van der Waals surface area contributed by atoms with E-state index in [1.165, 1.54) is 0 Å². The Morgan fingerprint density at radius 2 is 2.27 bits per heavy atom. The molecule has 1 aliphatic heterocycles. The number of carbonyl (C=O) groups excluding carboxylic acids is 1. The first-order valence-electron chi connectivity index (χ1n) is 7.51. The lowest BCUT2D eigenvalue weighted by atomic mass is 10.0. The minimum Gasteiger partial charge on any atom is -0.361 e. The second kappa shape index (κ2) is 6.78. The number of sulfonamides is 1. The zero-order valence-corrected chi connectivity index (χ0v) is 14.0. The number of nitrogens with one attached hydrogen (secondary N) is 1. The molecule has 124 valence electrons. The molecule has 1 fully saturated rings. The molecule has 0 unspecified atom stereocenters. The van der Waals surface area contributed by atoms with E-state index in [9.17, 15) is 13.2 Å². The number of likely N-dealkylation sites (tertiary alicyclic amines) is 1. The Balaban J connectivity index is 1.97. The predicted octanol–water partition coefficient (Wildman–Crippen LogP) is 1.19. The highest BCUT2D eigenvalue weighted by molar-refractivity contribution is 7.88. The topological polar surface area (TPSA) is 92.5 Å². The van der Waals surface area contributed by atoms with E-state index in [0.717, 1.165) is 19.3 Å². The Morgan fingerprint density at radius 1 is 1.55 bits per heavy atom. The predicted molar refractivity (Wildman–Crippen MR) is 81.5 cm³/mol. The van der Waals surface area contributed by atoms with Crippen molar-refractivity contribution in [2.45, 2.75) is 57.9 Å². The Hall–Kier alpha value is -1.41. The van der Waals surface area contributed by atoms with E-state index in [0.29, 0.717) is 18.0 Å². The molecule has 1 amide bonds. The summed E-state index contributed by atoms with van der Waals surface area (Å²) < 4.78 is 31.5. The van der Waals surface area contributed by atoms with Gasteiger partial charge in [-0.05, 0) is 40.0 Å². The van der Waals surface area contributed by atoms with Crippen LogP contribution in [-0.2, 0) is 20.6 Å². The standard InChI is InChI=1S/C14H23N3O4S/c1-10-6-4-5-7-17(10)14(18)12(3)16-22(19,20)9-13-8-11(2)21-15-13/h8,10,12,16H,4-7,9H2,1-3H3/t10-,12-/m0/s1. The molecule has 0 aliphatic carbocycles. The van der Waals surface area contributed by atoms with E-state index in [1.807, 2.05) is 6.92 Å². The van der Waals surface area contributed by atoms with Crippen molar-refractivity contribution >= 4 is 15.9 Å². The summed E-state index contributed by atoms with van der Waals surface area (Å²) in [6.45, 7) is 5.96. The highest BCUT2D eigenvalue weighted by Gasteiger charge is 2.29. The third-order valence-electron chi connectivity index (χ3n) is 3.83. The van der Waals surface area contributed by atoms with Crippen molar-refractivity contribution in [3.8, 4) is 0 Å². The van der Waals surface area contributed by atoms with Gasteiger partial charge in [-0.15, -0.1) is 0 Å². The minimum absolute atomic E-state index is 0.159. The fourth-order valence-electron chi connectivity index (χ4n) is 2.72. The van der Waals surface area contributed by atoms with Gasteiger partial charge in [-0.25, -0.2) is 13.1 Å². The van der Waals surface area contributed by atoms with Gasteiger partial charge in [0, 0.05) is 18.7 Å². The minimum atomic E-state index is -3.64. The molecule has 0 radical (unpaired) electrons. The van der Waals surface area contributed by atoms with Crippen molar-refractivity contribution in [3.05, 3.63) is 17.5 Å². The van der Waals surface area contributed by atoms with Crippen molar-refractivity contribution in [1.29, 1.82) is 0 Å². The van der Waals surface area contributed by atoms with Crippen LogP contribution in [0, 0.1) is 6.92 Å². The van der Waals surface area contributed by atoms with Crippen molar-refractivity contribution in [2.75, 3.05) is 6.54 Å². The number of aryl methyl sites for hydroxylation is 1. The Morgan fingerprint density at radius 3 is 2.86 bits per heavy atom. The summed E-state index contributed by atoms with van der Waals surface area (Å²) in [7, 11) is -3.64. The molecule has 8 heteroatoms. The monoisotopic (exact) mass is 329 g/mol. The summed E-state index contributed by atoms with van der Waals surface area (Å²) in [6.07, 6.45) is 3.04. The maximum atomic E-state index is 12.4. The zero-order chi connectivity index (χ0) is 16.3. The lowest BCUT2D eigenvalue weighted by Gasteiger charge is -2.35. The van der Waals surface area contributed by atoms with Gasteiger partial charge < -0.3 is 9.42 Å². The van der Waals surface area contributed by atoms with E-state index in [-0.39, 0.29) is 17.7 Å². The molecule has 1 saturated heterocycles. The molecule has 2 atom stereocenters. The summed E-state index contributed by atoms with van der Waals surface area (Å²) in [5, 5.41) is 3.67. The molecule has 2 heterocycles. The van der Waals surface area contributed by atoms with Crippen LogP contribution in [-0.4, -0.2) is 43.0 Å². The quantitative estimate of drug-likeness (QED) is 0.876. The van der Waals surface area contributed by atoms with E-state index in [1.54, 1.807) is 24.8 Å². The third-order valence-corrected chi connectivity index (χ3v) is 5.22. The van der Waals surface area contributed by atoms with Gasteiger partial charge in [0.1, 0.15) is 17.2 Å². The molecule has 0 spiro atoms. The average molecular weight is 329 g/mol. The lowest BCUT2D eigenvalue weighted by Crippen LogP contribution is -2.51. The molecule has 0 aromatic carbocycles.